The standard InChI is InChI=1S/C25H27N3O4/c1-17(26)27-16-8-13-20(25(30)31)28-24(29)22-15-14-21(32-22)23(18-9-4-2-5-10-18)19-11-6-3-7-12-19/h2-7,9-12,14-15,20,23H,8,13,16H2,1H3,(H2,26,27)(H,28,29)(H,30,31). The number of hydrogen-bond donors (Lipinski definition) is 3. The van der Waals surface area contributed by atoms with E-state index in [4.69, 9.17) is 10.2 Å². The van der Waals surface area contributed by atoms with Crippen molar-refractivity contribution in [3.63, 3.8) is 0 Å². The Morgan fingerprint density at radius 1 is 1.00 bits per heavy atom. The number of carboxylic acids is 1. The van der Waals surface area contributed by atoms with E-state index in [-0.39, 0.29) is 18.1 Å². The van der Waals surface area contributed by atoms with Crippen molar-refractivity contribution in [1.82, 2.24) is 5.32 Å². The smallest absolute Gasteiger partial charge is 0.326 e. The molecule has 0 aliphatic carbocycles. The Labute approximate surface area is 187 Å². The van der Waals surface area contributed by atoms with Gasteiger partial charge in [-0.05, 0) is 43.0 Å². The Hall–Kier alpha value is -3.87. The van der Waals surface area contributed by atoms with E-state index < -0.39 is 17.9 Å². The minimum absolute atomic E-state index is 0.0685. The second-order valence-corrected chi connectivity index (χ2v) is 7.49. The summed E-state index contributed by atoms with van der Waals surface area (Å²) in [6.45, 7) is 2.08. The van der Waals surface area contributed by atoms with Gasteiger partial charge >= 0.3 is 5.97 Å². The average molecular weight is 434 g/mol. The number of nitrogens with zero attached hydrogens (tertiary/aromatic N) is 1. The van der Waals surface area contributed by atoms with Gasteiger partial charge in [0.1, 0.15) is 11.8 Å². The van der Waals surface area contributed by atoms with Crippen molar-refractivity contribution in [3.8, 4) is 0 Å². The lowest BCUT2D eigenvalue weighted by atomic mass is 9.89. The van der Waals surface area contributed by atoms with Gasteiger partial charge in [0.05, 0.1) is 11.8 Å². The number of furan rings is 1. The molecule has 3 rings (SSSR count). The minimum atomic E-state index is -1.11. The fourth-order valence-corrected chi connectivity index (χ4v) is 3.48. The number of amidine groups is 1. The first-order chi connectivity index (χ1) is 15.5. The van der Waals surface area contributed by atoms with Crippen molar-refractivity contribution in [2.45, 2.75) is 31.7 Å². The molecule has 1 unspecified atom stereocenters. The summed E-state index contributed by atoms with van der Waals surface area (Å²) >= 11 is 0. The van der Waals surface area contributed by atoms with E-state index in [0.717, 1.165) is 11.1 Å². The summed E-state index contributed by atoms with van der Waals surface area (Å²) in [5, 5.41) is 12.0. The van der Waals surface area contributed by atoms with Crippen molar-refractivity contribution < 1.29 is 19.1 Å². The highest BCUT2D eigenvalue weighted by Crippen LogP contribution is 2.32. The highest BCUT2D eigenvalue weighted by Gasteiger charge is 2.25. The zero-order valence-electron chi connectivity index (χ0n) is 17.9. The van der Waals surface area contributed by atoms with Gasteiger partial charge in [0.15, 0.2) is 5.76 Å². The lowest BCUT2D eigenvalue weighted by molar-refractivity contribution is -0.139. The van der Waals surface area contributed by atoms with E-state index in [9.17, 15) is 14.7 Å². The molecule has 1 heterocycles. The third kappa shape index (κ3) is 6.07. The molecule has 0 aliphatic rings. The van der Waals surface area contributed by atoms with E-state index in [1.165, 1.54) is 0 Å². The van der Waals surface area contributed by atoms with Crippen molar-refractivity contribution in [2.75, 3.05) is 6.54 Å². The van der Waals surface area contributed by atoms with Crippen LogP contribution in [0.4, 0.5) is 0 Å². The van der Waals surface area contributed by atoms with Gasteiger partial charge < -0.3 is 20.6 Å². The number of benzene rings is 2. The van der Waals surface area contributed by atoms with Gasteiger partial charge in [-0.1, -0.05) is 60.7 Å². The van der Waals surface area contributed by atoms with Crippen LogP contribution in [0.2, 0.25) is 0 Å². The van der Waals surface area contributed by atoms with Gasteiger partial charge in [-0.25, -0.2) is 4.79 Å². The molecule has 2 aromatic carbocycles. The van der Waals surface area contributed by atoms with E-state index >= 15 is 0 Å². The maximum absolute atomic E-state index is 12.7. The second-order valence-electron chi connectivity index (χ2n) is 7.49. The van der Waals surface area contributed by atoms with Crippen LogP contribution in [0.3, 0.4) is 0 Å². The highest BCUT2D eigenvalue weighted by atomic mass is 16.4. The number of aliphatic imine (C=N–C) groups is 1. The zero-order chi connectivity index (χ0) is 22.9. The summed E-state index contributed by atoms with van der Waals surface area (Å²) in [6.07, 6.45) is 0.724. The first kappa shape index (κ1) is 22.8. The predicted octanol–water partition coefficient (Wildman–Crippen LogP) is 3.80. The molecule has 166 valence electrons. The molecule has 32 heavy (non-hydrogen) atoms. The molecule has 0 fully saturated rings. The number of carbonyl (C=O) groups excluding carboxylic acids is 1. The number of nitrogens with two attached hydrogens (primary N) is 1. The monoisotopic (exact) mass is 433 g/mol. The van der Waals surface area contributed by atoms with Gasteiger partial charge in [0.25, 0.3) is 5.91 Å². The number of aliphatic carboxylic acids is 1. The molecule has 0 spiro atoms. The number of hydrogen-bond acceptors (Lipinski definition) is 4. The van der Waals surface area contributed by atoms with Crippen LogP contribution < -0.4 is 11.1 Å². The number of carboxylic acid groups (broad SMARTS) is 1. The third-order valence-corrected chi connectivity index (χ3v) is 5.02. The summed E-state index contributed by atoms with van der Waals surface area (Å²) in [5.41, 5.74) is 7.54. The maximum Gasteiger partial charge on any atom is 0.326 e. The summed E-state index contributed by atoms with van der Waals surface area (Å²) in [4.78, 5) is 28.3. The Kier molecular flexibility index (Phi) is 7.80. The summed E-state index contributed by atoms with van der Waals surface area (Å²) in [6, 6.07) is 22.0. The number of nitrogens with one attached hydrogen (secondary N) is 1. The molecule has 0 saturated heterocycles. The average Bonchev–Trinajstić information content (AvgIpc) is 3.27. The molecule has 7 nitrogen and oxygen atoms in total. The van der Waals surface area contributed by atoms with E-state index in [2.05, 4.69) is 10.3 Å². The van der Waals surface area contributed by atoms with Gasteiger partial charge in [-0.15, -0.1) is 0 Å². The van der Waals surface area contributed by atoms with Gasteiger partial charge in [0, 0.05) is 6.54 Å². The van der Waals surface area contributed by atoms with Crippen LogP contribution in [0.5, 0.6) is 0 Å². The molecular weight excluding hydrogens is 406 g/mol. The van der Waals surface area contributed by atoms with Crippen LogP contribution in [0.1, 0.15) is 53.1 Å². The maximum atomic E-state index is 12.7. The molecule has 0 aliphatic heterocycles. The topological polar surface area (TPSA) is 118 Å². The van der Waals surface area contributed by atoms with Gasteiger partial charge in [0.2, 0.25) is 0 Å². The lowest BCUT2D eigenvalue weighted by Gasteiger charge is -2.16. The summed E-state index contributed by atoms with van der Waals surface area (Å²) in [5.74, 6) is -0.750. The summed E-state index contributed by atoms with van der Waals surface area (Å²) in [7, 11) is 0. The second kappa shape index (κ2) is 10.9. The first-order valence-electron chi connectivity index (χ1n) is 10.5. The molecule has 1 atom stereocenters. The quantitative estimate of drug-likeness (QED) is 0.255. The zero-order valence-corrected chi connectivity index (χ0v) is 17.9. The van der Waals surface area contributed by atoms with Crippen LogP contribution in [-0.2, 0) is 4.79 Å². The Morgan fingerprint density at radius 2 is 1.59 bits per heavy atom. The molecule has 1 aromatic heterocycles. The van der Waals surface area contributed by atoms with Crippen LogP contribution in [0.25, 0.3) is 0 Å². The van der Waals surface area contributed by atoms with E-state index in [0.29, 0.717) is 24.6 Å². The fraction of sp³-hybridized carbons (Fsp3) is 0.240. The molecule has 7 heteroatoms. The minimum Gasteiger partial charge on any atom is -0.480 e. The molecule has 3 aromatic rings. The van der Waals surface area contributed by atoms with E-state index in [1.807, 2.05) is 60.7 Å². The van der Waals surface area contributed by atoms with Crippen molar-refractivity contribution in [1.29, 1.82) is 0 Å². The number of carbonyl (C=O) groups is 2. The fourth-order valence-electron chi connectivity index (χ4n) is 3.48. The van der Waals surface area contributed by atoms with Gasteiger partial charge in [-0.3, -0.25) is 9.79 Å². The number of amides is 1. The molecule has 0 bridgehead atoms. The third-order valence-electron chi connectivity index (χ3n) is 5.02. The predicted molar refractivity (Wildman–Crippen MR) is 123 cm³/mol. The largest absolute Gasteiger partial charge is 0.480 e. The SMILES string of the molecule is CC(N)=NCCCC(NC(=O)c1ccc(C(c2ccccc2)c2ccccc2)o1)C(=O)O. The first-order valence-corrected chi connectivity index (χ1v) is 10.5. The van der Waals surface area contributed by atoms with E-state index in [1.54, 1.807) is 19.1 Å². The molecular formula is C25H27N3O4. The van der Waals surface area contributed by atoms with Crippen molar-refractivity contribution in [3.05, 3.63) is 95.4 Å². The molecule has 0 saturated carbocycles. The lowest BCUT2D eigenvalue weighted by Crippen LogP contribution is -2.40. The van der Waals surface area contributed by atoms with Crippen LogP contribution in [0, 0.1) is 0 Å². The van der Waals surface area contributed by atoms with Crippen LogP contribution in [-0.4, -0.2) is 35.4 Å². The molecule has 0 radical (unpaired) electrons. The summed E-state index contributed by atoms with van der Waals surface area (Å²) < 4.78 is 5.91. The van der Waals surface area contributed by atoms with Crippen molar-refractivity contribution in [2.24, 2.45) is 10.7 Å². The highest BCUT2D eigenvalue weighted by molar-refractivity contribution is 5.94. The Balaban J connectivity index is 1.77. The normalized spacial score (nSPS) is 12.5. The van der Waals surface area contributed by atoms with Crippen molar-refractivity contribution >= 4 is 17.7 Å². The van der Waals surface area contributed by atoms with Crippen LogP contribution >= 0.6 is 0 Å². The molecule has 1 amide bonds. The Morgan fingerprint density at radius 3 is 2.12 bits per heavy atom. The van der Waals surface area contributed by atoms with Crippen LogP contribution in [0.15, 0.2) is 82.2 Å². The Bertz CT molecular complexity index is 1020. The number of rotatable bonds is 10. The molecule has 4 N–H and O–H groups in total. The van der Waals surface area contributed by atoms with Gasteiger partial charge in [-0.2, -0.15) is 0 Å².